The Kier molecular flexibility index (Phi) is 4.99. The number of nitrogens with zero attached hydrogens (tertiary/aromatic N) is 3. The normalized spacial score (nSPS) is 15.2. The van der Waals surface area contributed by atoms with Gasteiger partial charge in [0.25, 0.3) is 0 Å². The lowest BCUT2D eigenvalue weighted by atomic mass is 9.76. The molecule has 0 bridgehead atoms. The summed E-state index contributed by atoms with van der Waals surface area (Å²) in [6.07, 6.45) is 4.84. The maximum atomic E-state index is 15.4. The number of fused-ring (bicyclic) bond motifs is 2. The Hall–Kier alpha value is -2.33. The lowest BCUT2D eigenvalue weighted by Gasteiger charge is -2.28. The molecule has 0 atom stereocenters. The number of hydrogen-bond donors (Lipinski definition) is 0. The van der Waals surface area contributed by atoms with Gasteiger partial charge in [-0.2, -0.15) is 5.10 Å². The largest absolute Gasteiger partial charge is 0.349 e. The van der Waals surface area contributed by atoms with Crippen LogP contribution in [0.3, 0.4) is 0 Å². The van der Waals surface area contributed by atoms with Crippen molar-refractivity contribution in [3.63, 3.8) is 0 Å². The molecule has 33 heavy (non-hydrogen) atoms. The van der Waals surface area contributed by atoms with E-state index in [1.54, 1.807) is 6.07 Å². The Labute approximate surface area is 200 Å². The summed E-state index contributed by atoms with van der Waals surface area (Å²) >= 11 is 6.53. The molecule has 3 nitrogen and oxygen atoms in total. The summed E-state index contributed by atoms with van der Waals surface area (Å²) in [5.74, 6) is -0.174. The number of aryl methyl sites for hydroxylation is 2. The quantitative estimate of drug-likeness (QED) is 0.301. The third kappa shape index (κ3) is 3.58. The molecule has 5 heteroatoms. The summed E-state index contributed by atoms with van der Waals surface area (Å²) in [7, 11) is 2.04. The van der Waals surface area contributed by atoms with Crippen LogP contribution in [-0.2, 0) is 24.3 Å². The van der Waals surface area contributed by atoms with E-state index >= 15 is 4.39 Å². The first-order valence-electron chi connectivity index (χ1n) is 11.8. The molecule has 1 fully saturated rings. The highest BCUT2D eigenvalue weighted by Gasteiger charge is 2.35. The molecule has 0 saturated heterocycles. The summed E-state index contributed by atoms with van der Waals surface area (Å²) in [5.41, 5.74) is 6.24. The van der Waals surface area contributed by atoms with Gasteiger partial charge in [0.1, 0.15) is 5.82 Å². The third-order valence-corrected chi connectivity index (χ3v) is 7.46. The average molecular weight is 466 g/mol. The fourth-order valence-electron chi connectivity index (χ4n) is 5.54. The van der Waals surface area contributed by atoms with E-state index in [0.717, 1.165) is 45.5 Å². The van der Waals surface area contributed by atoms with Crippen LogP contribution in [0.25, 0.3) is 21.8 Å². The third-order valence-electron chi connectivity index (χ3n) is 7.16. The second kappa shape index (κ2) is 7.33. The SMILES string of the molecule is Cc1ccc2c(Cl)cn(C)c2c1C(C)(C)Cc1nn(C2CC2)c2c(C(C)(C)C)ccc(F)c12. The fraction of sp³-hybridized carbons (Fsp3) is 0.464. The van der Waals surface area contributed by atoms with Crippen LogP contribution in [0.15, 0.2) is 30.5 Å². The van der Waals surface area contributed by atoms with E-state index in [9.17, 15) is 0 Å². The number of benzene rings is 2. The highest BCUT2D eigenvalue weighted by molar-refractivity contribution is 6.35. The molecular weight excluding hydrogens is 433 g/mol. The Morgan fingerprint density at radius 2 is 1.76 bits per heavy atom. The van der Waals surface area contributed by atoms with E-state index < -0.39 is 0 Å². The van der Waals surface area contributed by atoms with Crippen molar-refractivity contribution in [1.82, 2.24) is 14.3 Å². The van der Waals surface area contributed by atoms with Gasteiger partial charge in [0.2, 0.25) is 0 Å². The molecule has 0 aliphatic heterocycles. The molecule has 2 heterocycles. The van der Waals surface area contributed by atoms with Crippen molar-refractivity contribution in [3.05, 3.63) is 63.7 Å². The first kappa shape index (κ1) is 22.5. The van der Waals surface area contributed by atoms with E-state index in [1.165, 1.54) is 11.1 Å². The molecule has 0 spiro atoms. The maximum absolute atomic E-state index is 15.4. The predicted molar refractivity (Wildman–Crippen MR) is 136 cm³/mol. The van der Waals surface area contributed by atoms with Crippen molar-refractivity contribution in [2.45, 2.75) is 77.7 Å². The molecule has 4 aromatic rings. The van der Waals surface area contributed by atoms with Gasteiger partial charge in [0.05, 0.1) is 33.2 Å². The molecule has 0 radical (unpaired) electrons. The molecule has 2 aromatic carbocycles. The summed E-state index contributed by atoms with van der Waals surface area (Å²) in [5, 5.41) is 7.59. The highest BCUT2D eigenvalue weighted by Crippen LogP contribution is 2.44. The van der Waals surface area contributed by atoms with Crippen LogP contribution < -0.4 is 0 Å². The lowest BCUT2D eigenvalue weighted by Crippen LogP contribution is -2.23. The van der Waals surface area contributed by atoms with Crippen LogP contribution >= 0.6 is 11.6 Å². The van der Waals surface area contributed by atoms with Crippen LogP contribution in [0.5, 0.6) is 0 Å². The zero-order chi connectivity index (χ0) is 23.9. The Morgan fingerprint density at radius 1 is 1.06 bits per heavy atom. The van der Waals surface area contributed by atoms with E-state index in [0.29, 0.717) is 17.8 Å². The van der Waals surface area contributed by atoms with Gasteiger partial charge in [-0.25, -0.2) is 4.39 Å². The first-order chi connectivity index (χ1) is 15.4. The molecule has 1 aliphatic rings. The van der Waals surface area contributed by atoms with Crippen LogP contribution in [0, 0.1) is 12.7 Å². The Balaban J connectivity index is 1.72. The van der Waals surface area contributed by atoms with Crippen LogP contribution in [-0.4, -0.2) is 14.3 Å². The first-order valence-corrected chi connectivity index (χ1v) is 12.2. The van der Waals surface area contributed by atoms with Crippen molar-refractivity contribution < 1.29 is 4.39 Å². The molecular formula is C28H33ClFN3. The van der Waals surface area contributed by atoms with Gasteiger partial charge in [-0.3, -0.25) is 4.68 Å². The van der Waals surface area contributed by atoms with Crippen LogP contribution in [0.2, 0.25) is 5.02 Å². The summed E-state index contributed by atoms with van der Waals surface area (Å²) < 4.78 is 19.6. The zero-order valence-corrected chi connectivity index (χ0v) is 21.4. The summed E-state index contributed by atoms with van der Waals surface area (Å²) in [6, 6.07) is 8.19. The van der Waals surface area contributed by atoms with Crippen molar-refractivity contribution in [3.8, 4) is 0 Å². The Morgan fingerprint density at radius 3 is 2.39 bits per heavy atom. The topological polar surface area (TPSA) is 22.8 Å². The standard InChI is InChI=1S/C28H33ClFN3/c1-16-8-11-18-20(29)15-32(7)25(18)24(16)28(5,6)14-22-23-21(30)13-12-19(27(2,3)4)26(23)33(31-22)17-9-10-17/h8,11-13,15,17H,9-10,14H2,1-7H3. The monoisotopic (exact) mass is 465 g/mol. The van der Waals surface area contributed by atoms with Gasteiger partial charge in [-0.05, 0) is 53.4 Å². The van der Waals surface area contributed by atoms with E-state index in [4.69, 9.17) is 16.7 Å². The van der Waals surface area contributed by atoms with Crippen molar-refractivity contribution in [2.24, 2.45) is 7.05 Å². The minimum absolute atomic E-state index is 0.0899. The van der Waals surface area contributed by atoms with Crippen LogP contribution in [0.4, 0.5) is 4.39 Å². The van der Waals surface area contributed by atoms with Crippen molar-refractivity contribution >= 4 is 33.4 Å². The van der Waals surface area contributed by atoms with Gasteiger partial charge in [0, 0.05) is 25.1 Å². The average Bonchev–Trinajstić information content (AvgIpc) is 3.42. The molecule has 1 aliphatic carbocycles. The molecule has 5 rings (SSSR count). The lowest BCUT2D eigenvalue weighted by molar-refractivity contribution is 0.507. The van der Waals surface area contributed by atoms with E-state index in [-0.39, 0.29) is 16.6 Å². The van der Waals surface area contributed by atoms with Crippen LogP contribution in [0.1, 0.15) is 75.9 Å². The molecule has 2 aromatic heterocycles. The molecule has 0 amide bonds. The molecule has 174 valence electrons. The minimum atomic E-state index is -0.265. The zero-order valence-electron chi connectivity index (χ0n) is 20.7. The number of hydrogen-bond acceptors (Lipinski definition) is 1. The van der Waals surface area contributed by atoms with Crippen molar-refractivity contribution in [2.75, 3.05) is 0 Å². The van der Waals surface area contributed by atoms with Crippen molar-refractivity contribution in [1.29, 1.82) is 0 Å². The van der Waals surface area contributed by atoms with Gasteiger partial charge >= 0.3 is 0 Å². The highest BCUT2D eigenvalue weighted by atomic mass is 35.5. The number of aromatic nitrogens is 3. The van der Waals surface area contributed by atoms with E-state index in [2.05, 4.69) is 62.9 Å². The number of halogens is 2. The Bertz CT molecular complexity index is 1400. The second-order valence-corrected chi connectivity index (χ2v) is 11.9. The smallest absolute Gasteiger partial charge is 0.134 e. The maximum Gasteiger partial charge on any atom is 0.134 e. The molecule has 1 saturated carbocycles. The summed E-state index contributed by atoms with van der Waals surface area (Å²) in [4.78, 5) is 0. The second-order valence-electron chi connectivity index (χ2n) is 11.5. The summed E-state index contributed by atoms with van der Waals surface area (Å²) in [6.45, 7) is 13.2. The fourth-order valence-corrected chi connectivity index (χ4v) is 5.84. The van der Waals surface area contributed by atoms with Gasteiger partial charge in [-0.1, -0.05) is 64.4 Å². The van der Waals surface area contributed by atoms with E-state index in [1.807, 2.05) is 19.3 Å². The number of rotatable bonds is 4. The van der Waals surface area contributed by atoms with Gasteiger partial charge < -0.3 is 4.57 Å². The predicted octanol–water partition coefficient (Wildman–Crippen LogP) is 7.78. The molecule has 0 N–H and O–H groups in total. The minimum Gasteiger partial charge on any atom is -0.349 e. The van der Waals surface area contributed by atoms with Gasteiger partial charge in [-0.15, -0.1) is 0 Å². The molecule has 0 unspecified atom stereocenters. The van der Waals surface area contributed by atoms with Gasteiger partial charge in [0.15, 0.2) is 0 Å².